The maximum absolute atomic E-state index is 5.50. The van der Waals surface area contributed by atoms with Gasteiger partial charge in [-0.2, -0.15) is 0 Å². The van der Waals surface area contributed by atoms with Crippen molar-refractivity contribution < 1.29 is 0 Å². The second kappa shape index (κ2) is 3.45. The first kappa shape index (κ1) is 8.07. The summed E-state index contributed by atoms with van der Waals surface area (Å²) in [6.07, 6.45) is 4.95. The molecule has 0 N–H and O–H groups in total. The molecule has 0 radical (unpaired) electrons. The quantitative estimate of drug-likeness (QED) is 0.689. The van der Waals surface area contributed by atoms with Crippen LogP contribution in [0.2, 0.25) is 5.28 Å². The predicted molar refractivity (Wildman–Crippen MR) is 48.1 cm³/mol. The molecule has 0 aliphatic carbocycles. The van der Waals surface area contributed by atoms with E-state index in [9.17, 15) is 0 Å². The van der Waals surface area contributed by atoms with Gasteiger partial charge in [-0.05, 0) is 23.7 Å². The van der Waals surface area contributed by atoms with E-state index in [1.165, 1.54) is 0 Å². The van der Waals surface area contributed by atoms with E-state index in [4.69, 9.17) is 11.6 Å². The normalized spacial score (nSPS) is 9.92. The van der Waals surface area contributed by atoms with Crippen LogP contribution in [0.1, 0.15) is 0 Å². The van der Waals surface area contributed by atoms with E-state index < -0.39 is 0 Å². The summed E-state index contributed by atoms with van der Waals surface area (Å²) in [5, 5.41) is 7.64. The van der Waals surface area contributed by atoms with E-state index >= 15 is 0 Å². The molecule has 0 spiro atoms. The third kappa shape index (κ3) is 1.78. The number of hydrogen-bond donors (Lipinski definition) is 0. The van der Waals surface area contributed by atoms with Crippen molar-refractivity contribution >= 4 is 11.6 Å². The lowest BCUT2D eigenvalue weighted by molar-refractivity contribution is 0.976. The van der Waals surface area contributed by atoms with Gasteiger partial charge >= 0.3 is 0 Å². The smallest absolute Gasteiger partial charge is 0.242 e. The van der Waals surface area contributed by atoms with E-state index in [1.807, 2.05) is 12.1 Å². The van der Waals surface area contributed by atoms with Crippen molar-refractivity contribution in [3.63, 3.8) is 0 Å². The Morgan fingerprint density at radius 2 is 2.08 bits per heavy atom. The molecule has 2 heterocycles. The molecule has 5 heteroatoms. The van der Waals surface area contributed by atoms with E-state index in [-0.39, 0.29) is 5.28 Å². The van der Waals surface area contributed by atoms with E-state index in [2.05, 4.69) is 20.2 Å². The van der Waals surface area contributed by atoms with Crippen LogP contribution in [0, 0.1) is 0 Å². The van der Waals surface area contributed by atoms with Gasteiger partial charge in [-0.15, -0.1) is 10.2 Å². The zero-order valence-electron chi connectivity index (χ0n) is 6.55. The Labute approximate surface area is 79.6 Å². The summed E-state index contributed by atoms with van der Waals surface area (Å²) in [6, 6.07) is 3.71. The van der Waals surface area contributed by atoms with Gasteiger partial charge in [0.1, 0.15) is 5.69 Å². The number of nitrogens with zero attached hydrogens (tertiary/aromatic N) is 4. The first-order valence-corrected chi connectivity index (χ1v) is 4.00. The molecule has 0 unspecified atom stereocenters. The molecular formula is C8H5ClN4. The maximum atomic E-state index is 5.50. The summed E-state index contributed by atoms with van der Waals surface area (Å²) in [7, 11) is 0. The molecule has 2 aromatic rings. The highest BCUT2D eigenvalue weighted by atomic mass is 35.5. The average molecular weight is 193 g/mol. The highest BCUT2D eigenvalue weighted by molar-refractivity contribution is 6.28. The van der Waals surface area contributed by atoms with Gasteiger partial charge in [-0.25, -0.2) is 4.98 Å². The zero-order chi connectivity index (χ0) is 9.10. The van der Waals surface area contributed by atoms with Crippen LogP contribution in [0.15, 0.2) is 30.7 Å². The molecule has 2 rings (SSSR count). The van der Waals surface area contributed by atoms with Gasteiger partial charge in [0.2, 0.25) is 5.28 Å². The fourth-order valence-electron chi connectivity index (χ4n) is 0.908. The Bertz CT molecular complexity index is 387. The van der Waals surface area contributed by atoms with Crippen molar-refractivity contribution in [1.29, 1.82) is 0 Å². The third-order valence-corrected chi connectivity index (χ3v) is 1.66. The molecule has 0 bridgehead atoms. The molecular weight excluding hydrogens is 188 g/mol. The minimum Gasteiger partial charge on any atom is -0.264 e. The Morgan fingerprint density at radius 3 is 2.69 bits per heavy atom. The van der Waals surface area contributed by atoms with Crippen LogP contribution in [0.4, 0.5) is 0 Å². The van der Waals surface area contributed by atoms with Gasteiger partial charge in [-0.3, -0.25) is 4.98 Å². The van der Waals surface area contributed by atoms with Crippen molar-refractivity contribution in [3.05, 3.63) is 36.0 Å². The summed E-state index contributed by atoms with van der Waals surface area (Å²) in [4.78, 5) is 7.77. The molecule has 0 amide bonds. The fraction of sp³-hybridized carbons (Fsp3) is 0. The largest absolute Gasteiger partial charge is 0.264 e. The minimum atomic E-state index is 0.146. The van der Waals surface area contributed by atoms with Gasteiger partial charge in [-0.1, -0.05) is 0 Å². The fourth-order valence-corrected chi connectivity index (χ4v) is 0.994. The van der Waals surface area contributed by atoms with Gasteiger partial charge < -0.3 is 0 Å². The van der Waals surface area contributed by atoms with Crippen LogP contribution in [0.3, 0.4) is 0 Å². The molecule has 0 saturated carbocycles. The maximum Gasteiger partial charge on any atom is 0.242 e. The summed E-state index contributed by atoms with van der Waals surface area (Å²) in [5.41, 5.74) is 1.54. The lowest BCUT2D eigenvalue weighted by atomic mass is 10.2. The molecule has 0 saturated heterocycles. The number of rotatable bonds is 1. The summed E-state index contributed by atoms with van der Waals surface area (Å²) >= 11 is 5.50. The van der Waals surface area contributed by atoms with Crippen LogP contribution in [0.5, 0.6) is 0 Å². The molecule has 2 aromatic heterocycles. The lowest BCUT2D eigenvalue weighted by Crippen LogP contribution is -1.90. The molecule has 0 fully saturated rings. The SMILES string of the molecule is Clc1ncc(-c2cccnc2)nn1. The van der Waals surface area contributed by atoms with Crippen LogP contribution in [0.25, 0.3) is 11.3 Å². The number of pyridine rings is 1. The molecule has 64 valence electrons. The van der Waals surface area contributed by atoms with Gasteiger partial charge in [0.15, 0.2) is 0 Å². The monoisotopic (exact) mass is 192 g/mol. The van der Waals surface area contributed by atoms with E-state index in [1.54, 1.807) is 18.6 Å². The number of hydrogen-bond acceptors (Lipinski definition) is 4. The number of aromatic nitrogens is 4. The molecule has 0 aliphatic rings. The van der Waals surface area contributed by atoms with Crippen molar-refractivity contribution in [2.45, 2.75) is 0 Å². The van der Waals surface area contributed by atoms with Crippen LogP contribution >= 0.6 is 11.6 Å². The second-order valence-electron chi connectivity index (χ2n) is 2.35. The van der Waals surface area contributed by atoms with Gasteiger partial charge in [0, 0.05) is 18.0 Å². The Balaban J connectivity index is 2.42. The molecule has 0 aromatic carbocycles. The highest BCUT2D eigenvalue weighted by Gasteiger charge is 1.99. The predicted octanol–water partition coefficient (Wildman–Crippen LogP) is 1.59. The molecule has 0 atom stereocenters. The van der Waals surface area contributed by atoms with E-state index in [0.29, 0.717) is 5.69 Å². The lowest BCUT2D eigenvalue weighted by Gasteiger charge is -1.96. The minimum absolute atomic E-state index is 0.146. The Morgan fingerprint density at radius 1 is 1.15 bits per heavy atom. The van der Waals surface area contributed by atoms with E-state index in [0.717, 1.165) is 5.56 Å². The first-order valence-electron chi connectivity index (χ1n) is 3.62. The summed E-state index contributed by atoms with van der Waals surface area (Å²) in [5.74, 6) is 0. The second-order valence-corrected chi connectivity index (χ2v) is 2.69. The van der Waals surface area contributed by atoms with Crippen molar-refractivity contribution in [3.8, 4) is 11.3 Å². The van der Waals surface area contributed by atoms with Gasteiger partial charge in [0.05, 0.1) is 6.20 Å². The summed E-state index contributed by atoms with van der Waals surface area (Å²) in [6.45, 7) is 0. The average Bonchev–Trinajstić information content (AvgIpc) is 2.20. The van der Waals surface area contributed by atoms with Crippen LogP contribution in [-0.4, -0.2) is 20.2 Å². The first-order chi connectivity index (χ1) is 6.36. The van der Waals surface area contributed by atoms with Crippen LogP contribution < -0.4 is 0 Å². The number of halogens is 1. The van der Waals surface area contributed by atoms with Crippen molar-refractivity contribution in [1.82, 2.24) is 20.2 Å². The standard InChI is InChI=1S/C8H5ClN4/c9-8-11-5-7(12-13-8)6-2-1-3-10-4-6/h1-5H. The third-order valence-electron chi connectivity index (χ3n) is 1.49. The zero-order valence-corrected chi connectivity index (χ0v) is 7.31. The topological polar surface area (TPSA) is 51.6 Å². The molecule has 4 nitrogen and oxygen atoms in total. The molecule has 0 aliphatic heterocycles. The van der Waals surface area contributed by atoms with Crippen molar-refractivity contribution in [2.24, 2.45) is 0 Å². The Kier molecular flexibility index (Phi) is 2.14. The Hall–Kier alpha value is -1.55. The van der Waals surface area contributed by atoms with Crippen molar-refractivity contribution in [2.75, 3.05) is 0 Å². The summed E-state index contributed by atoms with van der Waals surface area (Å²) < 4.78 is 0. The van der Waals surface area contributed by atoms with Crippen LogP contribution in [-0.2, 0) is 0 Å². The highest BCUT2D eigenvalue weighted by Crippen LogP contribution is 2.12. The van der Waals surface area contributed by atoms with Gasteiger partial charge in [0.25, 0.3) is 0 Å². The molecule has 13 heavy (non-hydrogen) atoms.